The fourth-order valence-corrected chi connectivity index (χ4v) is 3.41. The van der Waals surface area contributed by atoms with Gasteiger partial charge in [0.2, 0.25) is 0 Å². The van der Waals surface area contributed by atoms with E-state index in [1.165, 1.54) is 0 Å². The Morgan fingerprint density at radius 2 is 1.93 bits per heavy atom. The van der Waals surface area contributed by atoms with E-state index in [2.05, 4.69) is 0 Å². The molecule has 0 amide bonds. The zero-order chi connectivity index (χ0) is 11.6. The van der Waals surface area contributed by atoms with Crippen molar-refractivity contribution in [2.75, 3.05) is 0 Å². The Morgan fingerprint density at radius 3 is 2.27 bits per heavy atom. The van der Waals surface area contributed by atoms with Gasteiger partial charge in [-0.1, -0.05) is 13.8 Å². The van der Waals surface area contributed by atoms with Crippen LogP contribution in [0.2, 0.25) is 0 Å². The molecule has 4 unspecified atom stereocenters. The van der Waals surface area contributed by atoms with Crippen LogP contribution in [0.15, 0.2) is 0 Å². The van der Waals surface area contributed by atoms with Crippen LogP contribution in [0.25, 0.3) is 0 Å². The quantitative estimate of drug-likeness (QED) is 0.627. The molecule has 15 heavy (non-hydrogen) atoms. The average Bonchev–Trinajstić information content (AvgIpc) is 2.35. The van der Waals surface area contributed by atoms with E-state index in [0.717, 1.165) is 0 Å². The molecule has 2 bridgehead atoms. The third-order valence-corrected chi connectivity index (χ3v) is 4.87. The van der Waals surface area contributed by atoms with Gasteiger partial charge in [-0.05, 0) is 24.7 Å². The first-order valence-electron chi connectivity index (χ1n) is 5.19. The predicted molar refractivity (Wildman–Crippen MR) is 52.1 cm³/mol. The van der Waals surface area contributed by atoms with Crippen LogP contribution < -0.4 is 0 Å². The lowest BCUT2D eigenvalue weighted by molar-refractivity contribution is -0.152. The Labute approximate surface area is 88.3 Å². The summed E-state index contributed by atoms with van der Waals surface area (Å²) in [4.78, 5) is 23.1. The molecule has 2 aliphatic carbocycles. The number of aliphatic hydroxyl groups excluding tert-OH is 1. The van der Waals surface area contributed by atoms with Crippen molar-refractivity contribution in [3.63, 3.8) is 0 Å². The first-order valence-corrected chi connectivity index (χ1v) is 5.19. The molecule has 0 aromatic rings. The molecule has 0 heterocycles. The molecule has 2 aliphatic rings. The molecular weight excluding hydrogens is 196 g/mol. The number of fused-ring (bicyclic) bond motifs is 2. The van der Waals surface area contributed by atoms with E-state index in [9.17, 15) is 14.7 Å². The molecule has 4 nitrogen and oxygen atoms in total. The highest BCUT2D eigenvalue weighted by Gasteiger charge is 2.72. The fraction of sp³-hybridized carbons (Fsp3) is 0.818. The number of carbonyl (C=O) groups is 2. The standard InChI is InChI=1S/C11H16O4/c1-10(2)5-4-6(12)11(10,3)8(13)7(5)9(14)15/h5-7,12H,4H2,1-3H3,(H,14,15). The number of aliphatic carboxylic acids is 1. The summed E-state index contributed by atoms with van der Waals surface area (Å²) in [7, 11) is 0. The molecule has 2 N–H and O–H groups in total. The lowest BCUT2D eigenvalue weighted by Crippen LogP contribution is -2.44. The Bertz CT molecular complexity index is 346. The molecule has 2 rings (SSSR count). The van der Waals surface area contributed by atoms with Crippen molar-refractivity contribution in [1.82, 2.24) is 0 Å². The van der Waals surface area contributed by atoms with Gasteiger partial charge >= 0.3 is 5.97 Å². The van der Waals surface area contributed by atoms with Gasteiger partial charge in [0.05, 0.1) is 11.5 Å². The molecule has 0 aromatic heterocycles. The van der Waals surface area contributed by atoms with Crippen molar-refractivity contribution < 1.29 is 19.8 Å². The normalized spacial score (nSPS) is 47.2. The summed E-state index contributed by atoms with van der Waals surface area (Å²) in [6.07, 6.45) is -0.271. The van der Waals surface area contributed by atoms with Gasteiger partial charge in [-0.25, -0.2) is 0 Å². The van der Waals surface area contributed by atoms with Crippen molar-refractivity contribution in [1.29, 1.82) is 0 Å². The van der Waals surface area contributed by atoms with E-state index >= 15 is 0 Å². The van der Waals surface area contributed by atoms with Crippen molar-refractivity contribution in [2.45, 2.75) is 33.3 Å². The summed E-state index contributed by atoms with van der Waals surface area (Å²) in [6, 6.07) is 0. The summed E-state index contributed by atoms with van der Waals surface area (Å²) in [6.45, 7) is 5.46. The molecule has 0 spiro atoms. The Morgan fingerprint density at radius 1 is 1.40 bits per heavy atom. The van der Waals surface area contributed by atoms with Gasteiger partial charge in [0.25, 0.3) is 0 Å². The smallest absolute Gasteiger partial charge is 0.314 e. The predicted octanol–water partition coefficient (Wildman–Crippen LogP) is 0.683. The van der Waals surface area contributed by atoms with E-state index in [0.29, 0.717) is 6.42 Å². The maximum absolute atomic E-state index is 12.0. The summed E-state index contributed by atoms with van der Waals surface area (Å²) < 4.78 is 0. The Balaban J connectivity index is 2.53. The molecule has 4 atom stereocenters. The summed E-state index contributed by atoms with van der Waals surface area (Å²) in [5.41, 5.74) is -1.31. The maximum atomic E-state index is 12.0. The first-order chi connectivity index (χ1) is 6.74. The highest BCUT2D eigenvalue weighted by molar-refractivity contribution is 6.05. The fourth-order valence-electron chi connectivity index (χ4n) is 3.41. The monoisotopic (exact) mass is 212 g/mol. The molecule has 4 heteroatoms. The van der Waals surface area contributed by atoms with Crippen LogP contribution in [-0.4, -0.2) is 28.1 Å². The Kier molecular flexibility index (Phi) is 1.85. The second-order valence-electron chi connectivity index (χ2n) is 5.46. The van der Waals surface area contributed by atoms with Gasteiger partial charge in [-0.15, -0.1) is 0 Å². The lowest BCUT2D eigenvalue weighted by atomic mass is 9.69. The molecule has 2 saturated carbocycles. The average molecular weight is 212 g/mol. The number of aliphatic hydroxyl groups is 1. The molecule has 0 saturated heterocycles. The van der Waals surface area contributed by atoms with Crippen LogP contribution in [0.3, 0.4) is 0 Å². The largest absolute Gasteiger partial charge is 0.481 e. The van der Waals surface area contributed by atoms with Crippen molar-refractivity contribution >= 4 is 11.8 Å². The minimum atomic E-state index is -1.05. The molecule has 0 radical (unpaired) electrons. The number of hydrogen-bond donors (Lipinski definition) is 2. The second-order valence-corrected chi connectivity index (χ2v) is 5.46. The first kappa shape index (κ1) is 10.6. The van der Waals surface area contributed by atoms with Gasteiger partial charge in [0.15, 0.2) is 5.78 Å². The van der Waals surface area contributed by atoms with Crippen LogP contribution >= 0.6 is 0 Å². The molecule has 84 valence electrons. The van der Waals surface area contributed by atoms with Crippen molar-refractivity contribution in [3.05, 3.63) is 0 Å². The summed E-state index contributed by atoms with van der Waals surface area (Å²) in [5.74, 6) is -2.51. The van der Waals surface area contributed by atoms with Crippen molar-refractivity contribution in [3.8, 4) is 0 Å². The lowest BCUT2D eigenvalue weighted by Gasteiger charge is -2.34. The number of carboxylic acids is 1. The maximum Gasteiger partial charge on any atom is 0.314 e. The minimum absolute atomic E-state index is 0.234. The van der Waals surface area contributed by atoms with Gasteiger partial charge < -0.3 is 10.2 Å². The van der Waals surface area contributed by atoms with Crippen molar-refractivity contribution in [2.24, 2.45) is 22.7 Å². The highest BCUT2D eigenvalue weighted by Crippen LogP contribution is 2.65. The van der Waals surface area contributed by atoms with Gasteiger partial charge in [-0.2, -0.15) is 0 Å². The number of carbonyl (C=O) groups excluding carboxylic acids is 1. The minimum Gasteiger partial charge on any atom is -0.481 e. The van der Waals surface area contributed by atoms with E-state index in [-0.39, 0.29) is 11.7 Å². The molecule has 0 aromatic carbocycles. The van der Waals surface area contributed by atoms with Crippen LogP contribution in [0.5, 0.6) is 0 Å². The summed E-state index contributed by atoms with van der Waals surface area (Å²) >= 11 is 0. The van der Waals surface area contributed by atoms with Crippen LogP contribution in [0.4, 0.5) is 0 Å². The van der Waals surface area contributed by atoms with Gasteiger partial charge in [0.1, 0.15) is 5.92 Å². The number of carboxylic acid groups (broad SMARTS) is 1. The molecule has 0 aliphatic heterocycles. The SMILES string of the molecule is CC1(C)C2CC(O)C1(C)C(=O)C2C(=O)O. The Hall–Kier alpha value is -0.900. The third kappa shape index (κ3) is 0.911. The van der Waals surface area contributed by atoms with Crippen LogP contribution in [-0.2, 0) is 9.59 Å². The number of ketones is 1. The third-order valence-electron chi connectivity index (χ3n) is 4.87. The van der Waals surface area contributed by atoms with E-state index in [1.54, 1.807) is 6.92 Å². The highest BCUT2D eigenvalue weighted by atomic mass is 16.4. The molecular formula is C11H16O4. The van der Waals surface area contributed by atoms with Gasteiger partial charge in [-0.3, -0.25) is 9.59 Å². The molecule has 2 fully saturated rings. The van der Waals surface area contributed by atoms with Crippen LogP contribution in [0.1, 0.15) is 27.2 Å². The topological polar surface area (TPSA) is 74.6 Å². The van der Waals surface area contributed by atoms with E-state index < -0.39 is 28.8 Å². The zero-order valence-electron chi connectivity index (χ0n) is 9.15. The van der Waals surface area contributed by atoms with E-state index in [4.69, 9.17) is 5.11 Å². The van der Waals surface area contributed by atoms with Crippen LogP contribution in [0, 0.1) is 22.7 Å². The number of Topliss-reactive ketones (excluding diaryl/α,β-unsaturated/α-hetero) is 1. The zero-order valence-corrected chi connectivity index (χ0v) is 9.15. The van der Waals surface area contributed by atoms with Gasteiger partial charge in [0, 0.05) is 0 Å². The van der Waals surface area contributed by atoms with E-state index in [1.807, 2.05) is 13.8 Å². The second kappa shape index (κ2) is 2.61. The number of hydrogen-bond acceptors (Lipinski definition) is 3. The number of rotatable bonds is 1. The summed E-state index contributed by atoms with van der Waals surface area (Å²) in [5, 5.41) is 18.9.